The number of amides is 1. The van der Waals surface area contributed by atoms with Crippen LogP contribution in [0.3, 0.4) is 0 Å². The molecular weight excluding hydrogens is 381 g/mol. The van der Waals surface area contributed by atoms with Crippen LogP contribution < -0.4 is 0 Å². The van der Waals surface area contributed by atoms with Crippen LogP contribution in [0.4, 0.5) is 4.39 Å². The zero-order chi connectivity index (χ0) is 20.9. The lowest BCUT2D eigenvalue weighted by atomic mass is 9.91. The predicted molar refractivity (Wildman–Crippen MR) is 112 cm³/mol. The zero-order valence-corrected chi connectivity index (χ0v) is 17.1. The fraction of sp³-hybridized carbons (Fsp3) is 0.375. The number of nitrogens with zero attached hydrogens (tertiary/aromatic N) is 3. The Labute approximate surface area is 175 Å². The van der Waals surface area contributed by atoms with Crippen molar-refractivity contribution < 1.29 is 13.7 Å². The van der Waals surface area contributed by atoms with E-state index in [-0.39, 0.29) is 29.4 Å². The molecule has 2 atom stereocenters. The molecule has 2 aromatic carbocycles. The van der Waals surface area contributed by atoms with E-state index in [2.05, 4.69) is 17.1 Å². The van der Waals surface area contributed by atoms with Crippen LogP contribution in [-0.4, -0.2) is 34.0 Å². The maximum absolute atomic E-state index is 14.0. The minimum absolute atomic E-state index is 0.110. The second-order valence-corrected chi connectivity index (χ2v) is 7.86. The van der Waals surface area contributed by atoms with E-state index >= 15 is 0 Å². The number of benzene rings is 2. The third kappa shape index (κ3) is 4.42. The van der Waals surface area contributed by atoms with Crippen molar-refractivity contribution in [1.82, 2.24) is 15.0 Å². The van der Waals surface area contributed by atoms with Crippen molar-refractivity contribution >= 4 is 5.91 Å². The topological polar surface area (TPSA) is 59.2 Å². The molecule has 0 aliphatic carbocycles. The average molecular weight is 407 g/mol. The number of aromatic nitrogens is 2. The number of carbonyl (C=O) groups is 1. The fourth-order valence-corrected chi connectivity index (χ4v) is 4.23. The number of hydrogen-bond donors (Lipinski definition) is 0. The molecule has 5 nitrogen and oxygen atoms in total. The second kappa shape index (κ2) is 9.20. The predicted octanol–water partition coefficient (Wildman–Crippen LogP) is 4.85. The lowest BCUT2D eigenvalue weighted by Gasteiger charge is -2.34. The van der Waals surface area contributed by atoms with Crippen LogP contribution >= 0.6 is 0 Å². The number of halogens is 1. The van der Waals surface area contributed by atoms with Crippen LogP contribution in [0.15, 0.2) is 59.1 Å². The largest absolute Gasteiger partial charge is 0.342 e. The molecule has 0 bridgehead atoms. The monoisotopic (exact) mass is 407 g/mol. The second-order valence-electron chi connectivity index (χ2n) is 7.86. The molecule has 1 saturated heterocycles. The first-order valence-corrected chi connectivity index (χ1v) is 10.6. The van der Waals surface area contributed by atoms with Gasteiger partial charge in [0.1, 0.15) is 5.82 Å². The molecule has 3 aromatic rings. The molecule has 30 heavy (non-hydrogen) atoms. The third-order valence-corrected chi connectivity index (χ3v) is 5.79. The number of hydrogen-bond acceptors (Lipinski definition) is 4. The van der Waals surface area contributed by atoms with E-state index in [9.17, 15) is 9.18 Å². The van der Waals surface area contributed by atoms with Gasteiger partial charge in [-0.2, -0.15) is 4.98 Å². The van der Waals surface area contributed by atoms with Gasteiger partial charge in [0.2, 0.25) is 17.6 Å². The molecule has 0 N–H and O–H groups in total. The Morgan fingerprint density at radius 2 is 1.97 bits per heavy atom. The van der Waals surface area contributed by atoms with Gasteiger partial charge in [-0.1, -0.05) is 54.5 Å². The summed E-state index contributed by atoms with van der Waals surface area (Å²) < 4.78 is 19.3. The van der Waals surface area contributed by atoms with Crippen molar-refractivity contribution in [2.45, 2.75) is 38.5 Å². The summed E-state index contributed by atoms with van der Waals surface area (Å²) in [6.07, 6.45) is 3.33. The van der Waals surface area contributed by atoms with Crippen LogP contribution in [0.25, 0.3) is 11.4 Å². The SMILES string of the molecule is CC[C@@H](C(=O)N1CCC[C@H](Cc2nc(-c3ccccc3F)no2)C1)c1ccccc1. The number of likely N-dealkylation sites (tertiary alicyclic amines) is 1. The summed E-state index contributed by atoms with van der Waals surface area (Å²) in [6.45, 7) is 3.52. The first-order chi connectivity index (χ1) is 14.7. The van der Waals surface area contributed by atoms with Crippen molar-refractivity contribution in [3.63, 3.8) is 0 Å². The minimum Gasteiger partial charge on any atom is -0.342 e. The molecule has 4 rings (SSSR count). The summed E-state index contributed by atoms with van der Waals surface area (Å²) in [4.78, 5) is 19.5. The Morgan fingerprint density at radius 1 is 1.20 bits per heavy atom. The maximum atomic E-state index is 14.0. The Bertz CT molecular complexity index is 989. The first-order valence-electron chi connectivity index (χ1n) is 10.6. The molecular formula is C24H26FN3O2. The molecule has 1 amide bonds. The normalized spacial score (nSPS) is 17.7. The lowest BCUT2D eigenvalue weighted by Crippen LogP contribution is -2.42. The van der Waals surface area contributed by atoms with E-state index in [1.807, 2.05) is 35.2 Å². The van der Waals surface area contributed by atoms with E-state index in [1.165, 1.54) is 6.07 Å². The number of piperidine rings is 1. The molecule has 1 aliphatic heterocycles. The third-order valence-electron chi connectivity index (χ3n) is 5.79. The van der Waals surface area contributed by atoms with Crippen molar-refractivity contribution in [3.05, 3.63) is 71.9 Å². The molecule has 156 valence electrons. The summed E-state index contributed by atoms with van der Waals surface area (Å²) >= 11 is 0. The van der Waals surface area contributed by atoms with E-state index in [4.69, 9.17) is 4.52 Å². The molecule has 0 spiro atoms. The van der Waals surface area contributed by atoms with E-state index in [0.717, 1.165) is 31.4 Å². The highest BCUT2D eigenvalue weighted by Gasteiger charge is 2.30. The van der Waals surface area contributed by atoms with E-state index in [1.54, 1.807) is 18.2 Å². The summed E-state index contributed by atoms with van der Waals surface area (Å²) in [5.74, 6) is 0.715. The van der Waals surface area contributed by atoms with E-state index in [0.29, 0.717) is 24.4 Å². The van der Waals surface area contributed by atoms with Crippen molar-refractivity contribution in [2.75, 3.05) is 13.1 Å². The van der Waals surface area contributed by atoms with Crippen LogP contribution in [0, 0.1) is 11.7 Å². The molecule has 1 aliphatic rings. The highest BCUT2D eigenvalue weighted by atomic mass is 19.1. The molecule has 0 saturated carbocycles. The van der Waals surface area contributed by atoms with Crippen LogP contribution in [0.2, 0.25) is 0 Å². The Balaban J connectivity index is 1.42. The zero-order valence-electron chi connectivity index (χ0n) is 17.1. The van der Waals surface area contributed by atoms with Gasteiger partial charge in [0.15, 0.2) is 0 Å². The Kier molecular flexibility index (Phi) is 6.21. The number of rotatable bonds is 6. The van der Waals surface area contributed by atoms with Gasteiger partial charge < -0.3 is 9.42 Å². The van der Waals surface area contributed by atoms with Gasteiger partial charge in [-0.25, -0.2) is 4.39 Å². The van der Waals surface area contributed by atoms with Crippen molar-refractivity contribution in [2.24, 2.45) is 5.92 Å². The van der Waals surface area contributed by atoms with Gasteiger partial charge in [0, 0.05) is 19.5 Å². The van der Waals surface area contributed by atoms with Gasteiger partial charge in [0.25, 0.3) is 0 Å². The molecule has 1 fully saturated rings. The van der Waals surface area contributed by atoms with Crippen LogP contribution in [0.1, 0.15) is 43.6 Å². The van der Waals surface area contributed by atoms with Crippen molar-refractivity contribution in [3.8, 4) is 11.4 Å². The van der Waals surface area contributed by atoms with Gasteiger partial charge in [-0.15, -0.1) is 0 Å². The molecule has 1 aromatic heterocycles. The lowest BCUT2D eigenvalue weighted by molar-refractivity contribution is -0.134. The minimum atomic E-state index is -0.370. The maximum Gasteiger partial charge on any atom is 0.230 e. The standard InChI is InChI=1S/C24H26FN3O2/c1-2-19(18-10-4-3-5-11-18)24(29)28-14-8-9-17(16-28)15-22-26-23(27-30-22)20-12-6-7-13-21(20)25/h3-7,10-13,17,19H,2,8-9,14-16H2,1H3/t17-,19-/m1/s1. The molecule has 0 radical (unpaired) electrons. The molecule has 0 unspecified atom stereocenters. The Morgan fingerprint density at radius 3 is 2.73 bits per heavy atom. The van der Waals surface area contributed by atoms with E-state index < -0.39 is 0 Å². The Hall–Kier alpha value is -3.02. The van der Waals surface area contributed by atoms with Crippen LogP contribution in [-0.2, 0) is 11.2 Å². The number of carbonyl (C=O) groups excluding carboxylic acids is 1. The average Bonchev–Trinajstić information content (AvgIpc) is 3.23. The first kappa shape index (κ1) is 20.3. The summed E-state index contributed by atoms with van der Waals surface area (Å²) in [7, 11) is 0. The summed E-state index contributed by atoms with van der Waals surface area (Å²) in [6, 6.07) is 16.4. The molecule has 6 heteroatoms. The summed E-state index contributed by atoms with van der Waals surface area (Å²) in [5, 5.41) is 3.94. The highest BCUT2D eigenvalue weighted by molar-refractivity contribution is 5.83. The van der Waals surface area contributed by atoms with Gasteiger partial charge >= 0.3 is 0 Å². The molecule has 2 heterocycles. The quantitative estimate of drug-likeness (QED) is 0.586. The van der Waals surface area contributed by atoms with Crippen molar-refractivity contribution in [1.29, 1.82) is 0 Å². The fourth-order valence-electron chi connectivity index (χ4n) is 4.23. The van der Waals surface area contributed by atoms with Crippen LogP contribution in [0.5, 0.6) is 0 Å². The highest BCUT2D eigenvalue weighted by Crippen LogP contribution is 2.27. The summed E-state index contributed by atoms with van der Waals surface area (Å²) in [5.41, 5.74) is 1.40. The smallest absolute Gasteiger partial charge is 0.230 e. The van der Waals surface area contributed by atoms with Gasteiger partial charge in [-0.05, 0) is 42.9 Å². The van der Waals surface area contributed by atoms with Gasteiger partial charge in [0.05, 0.1) is 11.5 Å². The van der Waals surface area contributed by atoms with Gasteiger partial charge in [-0.3, -0.25) is 4.79 Å².